The molecule has 0 saturated heterocycles. The molecule has 0 saturated carbocycles. The van der Waals surface area contributed by atoms with Gasteiger partial charge in [-0.15, -0.1) is 0 Å². The highest BCUT2D eigenvalue weighted by molar-refractivity contribution is 5.76. The molecule has 18 heavy (non-hydrogen) atoms. The minimum absolute atomic E-state index is 0.949. The van der Waals surface area contributed by atoms with E-state index in [1.807, 2.05) is 45.9 Å². The molecule has 1 aromatic heterocycles. The summed E-state index contributed by atoms with van der Waals surface area (Å²) in [5.41, 5.74) is 4.11. The average molecular weight is 240 g/mol. The molecule has 0 aliphatic carbocycles. The first-order chi connectivity index (χ1) is 8.76. The number of nitrogens with zero attached hydrogens (tertiary/aromatic N) is 2. The molecule has 2 nitrogen and oxygen atoms in total. The number of aromatic nitrogens is 2. The topological polar surface area (TPSA) is 25.8 Å². The predicted molar refractivity (Wildman–Crippen MR) is 79.0 cm³/mol. The summed E-state index contributed by atoms with van der Waals surface area (Å²) in [6.07, 6.45) is 13.9. The van der Waals surface area contributed by atoms with Crippen LogP contribution in [0.4, 0.5) is 0 Å². The highest BCUT2D eigenvalue weighted by Gasteiger charge is 2.03. The first kappa shape index (κ1) is 14.1. The quantitative estimate of drug-likeness (QED) is 0.727. The van der Waals surface area contributed by atoms with Crippen LogP contribution in [0.1, 0.15) is 39.1 Å². The smallest absolute Gasteiger partial charge is 0.116 e. The zero-order valence-corrected chi connectivity index (χ0v) is 11.5. The van der Waals surface area contributed by atoms with Gasteiger partial charge in [-0.2, -0.15) is 0 Å². The predicted octanol–water partition coefficient (Wildman–Crippen LogP) is 4.44. The molecule has 1 aromatic rings. The van der Waals surface area contributed by atoms with Crippen molar-refractivity contribution >= 4 is 11.1 Å². The number of hydrogen-bond donors (Lipinski definition) is 0. The van der Waals surface area contributed by atoms with Gasteiger partial charge in [0.15, 0.2) is 0 Å². The van der Waals surface area contributed by atoms with E-state index in [1.54, 1.807) is 6.33 Å². The Bertz CT molecular complexity index is 462. The molecule has 2 heteroatoms. The second kappa shape index (κ2) is 7.38. The van der Waals surface area contributed by atoms with E-state index < -0.39 is 0 Å². The van der Waals surface area contributed by atoms with Crippen molar-refractivity contribution in [1.82, 2.24) is 9.97 Å². The molecular weight excluding hydrogens is 220 g/mol. The van der Waals surface area contributed by atoms with Crippen molar-refractivity contribution in [2.45, 2.75) is 27.7 Å². The molecular formula is C16H20N2. The summed E-state index contributed by atoms with van der Waals surface area (Å²) < 4.78 is 0. The Morgan fingerprint density at radius 1 is 0.833 bits per heavy atom. The van der Waals surface area contributed by atoms with Crippen LogP contribution >= 0.6 is 0 Å². The maximum Gasteiger partial charge on any atom is 0.116 e. The van der Waals surface area contributed by atoms with Gasteiger partial charge >= 0.3 is 0 Å². The summed E-state index contributed by atoms with van der Waals surface area (Å²) in [6, 6.07) is 2.02. The number of allylic oxidation sites excluding steroid dienone is 8. The van der Waals surface area contributed by atoms with Gasteiger partial charge < -0.3 is 0 Å². The van der Waals surface area contributed by atoms with Gasteiger partial charge in [0, 0.05) is 0 Å². The van der Waals surface area contributed by atoms with Crippen molar-refractivity contribution < 1.29 is 0 Å². The van der Waals surface area contributed by atoms with Crippen LogP contribution < -0.4 is 0 Å². The van der Waals surface area contributed by atoms with E-state index in [0.29, 0.717) is 0 Å². The molecule has 1 heterocycles. The van der Waals surface area contributed by atoms with E-state index in [-0.39, 0.29) is 0 Å². The maximum atomic E-state index is 4.32. The maximum absolute atomic E-state index is 4.32. The van der Waals surface area contributed by atoms with Crippen molar-refractivity contribution in [2.75, 3.05) is 0 Å². The number of hydrogen-bond acceptors (Lipinski definition) is 2. The Labute approximate surface area is 109 Å². The summed E-state index contributed by atoms with van der Waals surface area (Å²) in [5.74, 6) is 0. The van der Waals surface area contributed by atoms with Crippen molar-refractivity contribution in [2.24, 2.45) is 0 Å². The van der Waals surface area contributed by atoms with Crippen LogP contribution in [0, 0.1) is 0 Å². The van der Waals surface area contributed by atoms with Gasteiger partial charge in [-0.05, 0) is 44.9 Å². The second-order valence-electron chi connectivity index (χ2n) is 3.78. The average Bonchev–Trinajstić information content (AvgIpc) is 2.42. The minimum atomic E-state index is 0.949. The van der Waals surface area contributed by atoms with Gasteiger partial charge in [0.05, 0.1) is 11.4 Å². The number of rotatable bonds is 4. The zero-order chi connectivity index (χ0) is 13.4. The van der Waals surface area contributed by atoms with Crippen LogP contribution in [0.5, 0.6) is 0 Å². The molecule has 94 valence electrons. The fraction of sp³-hybridized carbons (Fsp3) is 0.250. The molecule has 0 radical (unpaired) electrons. The lowest BCUT2D eigenvalue weighted by Gasteiger charge is -2.05. The highest BCUT2D eigenvalue weighted by Crippen LogP contribution is 2.18. The molecule has 0 amide bonds. The van der Waals surface area contributed by atoms with E-state index in [9.17, 15) is 0 Å². The molecule has 0 fully saturated rings. The molecule has 1 rings (SSSR count). The van der Waals surface area contributed by atoms with Crippen LogP contribution in [0.25, 0.3) is 11.1 Å². The molecule has 0 spiro atoms. The summed E-state index contributed by atoms with van der Waals surface area (Å²) in [5, 5.41) is 0. The van der Waals surface area contributed by atoms with Crippen LogP contribution in [-0.4, -0.2) is 9.97 Å². The van der Waals surface area contributed by atoms with E-state index in [4.69, 9.17) is 0 Å². The van der Waals surface area contributed by atoms with Gasteiger partial charge in [-0.1, -0.05) is 36.5 Å². The largest absolute Gasteiger partial charge is 0.236 e. The lowest BCUT2D eigenvalue weighted by atomic mass is 10.1. The normalized spacial score (nSPS) is 13.8. The third kappa shape index (κ3) is 3.52. The summed E-state index contributed by atoms with van der Waals surface area (Å²) in [6.45, 7) is 8.03. The second-order valence-corrected chi connectivity index (χ2v) is 3.78. The van der Waals surface area contributed by atoms with Crippen LogP contribution in [0.2, 0.25) is 0 Å². The SMILES string of the molecule is C/C=C\C(=C/C)c1cc(C(/C=C\C)=C/C)ncn1. The van der Waals surface area contributed by atoms with E-state index in [0.717, 1.165) is 22.5 Å². The van der Waals surface area contributed by atoms with Crippen LogP contribution in [0.3, 0.4) is 0 Å². The van der Waals surface area contributed by atoms with Crippen LogP contribution in [0.15, 0.2) is 48.8 Å². The third-order valence-electron chi connectivity index (χ3n) is 2.57. The van der Waals surface area contributed by atoms with E-state index >= 15 is 0 Å². The summed E-state index contributed by atoms with van der Waals surface area (Å²) in [7, 11) is 0. The lowest BCUT2D eigenvalue weighted by molar-refractivity contribution is 1.12. The Balaban J connectivity index is 3.21. The van der Waals surface area contributed by atoms with Crippen molar-refractivity contribution in [1.29, 1.82) is 0 Å². The van der Waals surface area contributed by atoms with E-state index in [2.05, 4.69) is 34.3 Å². The molecule has 0 aromatic carbocycles. The van der Waals surface area contributed by atoms with Crippen molar-refractivity contribution in [3.8, 4) is 0 Å². The minimum Gasteiger partial charge on any atom is -0.236 e. The monoisotopic (exact) mass is 240 g/mol. The van der Waals surface area contributed by atoms with Gasteiger partial charge in [-0.25, -0.2) is 9.97 Å². The van der Waals surface area contributed by atoms with Crippen molar-refractivity contribution in [3.63, 3.8) is 0 Å². The van der Waals surface area contributed by atoms with E-state index in [1.165, 1.54) is 0 Å². The van der Waals surface area contributed by atoms with Gasteiger partial charge in [0.2, 0.25) is 0 Å². The van der Waals surface area contributed by atoms with Gasteiger partial charge in [0.1, 0.15) is 6.33 Å². The Hall–Kier alpha value is -1.96. The summed E-state index contributed by atoms with van der Waals surface area (Å²) in [4.78, 5) is 8.65. The molecule has 0 N–H and O–H groups in total. The molecule has 0 unspecified atom stereocenters. The Morgan fingerprint density at radius 3 is 1.61 bits per heavy atom. The Morgan fingerprint density at radius 2 is 1.28 bits per heavy atom. The molecule has 0 atom stereocenters. The fourth-order valence-corrected chi connectivity index (χ4v) is 1.69. The summed E-state index contributed by atoms with van der Waals surface area (Å²) >= 11 is 0. The molecule has 0 aliphatic heterocycles. The molecule has 0 bridgehead atoms. The third-order valence-corrected chi connectivity index (χ3v) is 2.57. The fourth-order valence-electron chi connectivity index (χ4n) is 1.69. The zero-order valence-electron chi connectivity index (χ0n) is 11.5. The van der Waals surface area contributed by atoms with Gasteiger partial charge in [0.25, 0.3) is 0 Å². The first-order valence-corrected chi connectivity index (χ1v) is 6.17. The molecule has 0 aliphatic rings. The van der Waals surface area contributed by atoms with Gasteiger partial charge in [-0.3, -0.25) is 0 Å². The van der Waals surface area contributed by atoms with Crippen LogP contribution in [-0.2, 0) is 0 Å². The Kier molecular flexibility index (Phi) is 5.78. The lowest BCUT2D eigenvalue weighted by Crippen LogP contribution is -1.94. The first-order valence-electron chi connectivity index (χ1n) is 6.17. The van der Waals surface area contributed by atoms with Crippen molar-refractivity contribution in [3.05, 3.63) is 60.2 Å². The highest BCUT2D eigenvalue weighted by atomic mass is 14.8. The standard InChI is InChI=1S/C16H20N2/c1-5-9-13(7-3)15-11-16(18-12-17-15)14(8-4)10-6-2/h5-12H,1-4H3/b9-5-,10-6-,13-7+,14-8+.